The van der Waals surface area contributed by atoms with Gasteiger partial charge in [-0.3, -0.25) is 0 Å². The van der Waals surface area contributed by atoms with Gasteiger partial charge in [-0.15, -0.1) is 0 Å². The Morgan fingerprint density at radius 1 is 0.700 bits per heavy atom. The molecular weight excluding hydrogens is 503 g/mol. The van der Waals surface area contributed by atoms with Crippen molar-refractivity contribution in [2.45, 2.75) is 35.5 Å². The first-order chi connectivity index (χ1) is 21.5. The fourth-order valence-corrected chi connectivity index (χ4v) is 8.29. The molecule has 5 aromatic carbocycles. The quantitative estimate of drug-likeness (QED) is 0.216. The molecule has 0 atom stereocenters. The smallest absolute Gasteiger partial charge is 0.249 e. The summed E-state index contributed by atoms with van der Waals surface area (Å²) in [5.74, 6) is 0. The lowest BCUT2D eigenvalue weighted by atomic mass is 9.35. The van der Waals surface area contributed by atoms with Crippen LogP contribution in [0.3, 0.4) is 0 Å². The second-order valence-corrected chi connectivity index (χ2v) is 12.0. The van der Waals surface area contributed by atoms with Gasteiger partial charge in [-0.05, 0) is 90.7 Å². The van der Waals surface area contributed by atoms with Crippen molar-refractivity contribution in [2.24, 2.45) is 0 Å². The van der Waals surface area contributed by atoms with Crippen LogP contribution in [0, 0.1) is 0 Å². The topological polar surface area (TPSA) is 8.17 Å². The molecule has 1 aliphatic carbocycles. The van der Waals surface area contributed by atoms with Gasteiger partial charge in [0, 0.05) is 43.6 Å². The van der Waals surface area contributed by atoms with Crippen molar-refractivity contribution in [3.05, 3.63) is 126 Å². The number of anilines is 3. The van der Waals surface area contributed by atoms with E-state index in [0.717, 1.165) is 54.0 Å². The summed E-state index contributed by atoms with van der Waals surface area (Å²) in [4.78, 5) is 4.94. The van der Waals surface area contributed by atoms with Crippen LogP contribution in [0.2, 0.25) is 0 Å². The summed E-state index contributed by atoms with van der Waals surface area (Å²) in [6.07, 6.45) is 3.75. The van der Waals surface area contributed by atoms with Crippen molar-refractivity contribution in [1.82, 2.24) is 4.57 Å². The second-order valence-electron chi connectivity index (χ2n) is 10.9. The summed E-state index contributed by atoms with van der Waals surface area (Å²) in [5, 5.41) is 0.677. The van der Waals surface area contributed by atoms with E-state index in [9.17, 15) is 0 Å². The van der Waals surface area contributed by atoms with Crippen molar-refractivity contribution in [3.63, 3.8) is 0 Å². The number of para-hydroxylation sites is 2. The molecule has 0 unspecified atom stereocenters. The third kappa shape index (κ3) is 3.14. The molecule has 4 heteroatoms. The molecular formula is C36H27BN2S. The fourth-order valence-electron chi connectivity index (χ4n) is 7.13. The van der Waals surface area contributed by atoms with Crippen molar-refractivity contribution < 1.29 is 5.48 Å². The molecule has 6 aromatic rings. The summed E-state index contributed by atoms with van der Waals surface area (Å²) >= 11 is 1.84. The molecule has 0 N–H and O–H groups in total. The SMILES string of the molecule is [2H]c1c([2H])c([2H])c2c(c1[2H])c1c(n2-c2ccc3c(c2)N(c2ccccc2)c2cccc4c2B3c2ccccc2S4)CCCC1. The number of fused-ring (bicyclic) bond motifs is 7. The maximum Gasteiger partial charge on any atom is 0.249 e. The molecule has 3 heterocycles. The highest BCUT2D eigenvalue weighted by molar-refractivity contribution is 8.00. The molecule has 0 fully saturated rings. The van der Waals surface area contributed by atoms with Gasteiger partial charge in [0.2, 0.25) is 6.71 Å². The van der Waals surface area contributed by atoms with Crippen LogP contribution in [0.5, 0.6) is 0 Å². The molecule has 40 heavy (non-hydrogen) atoms. The monoisotopic (exact) mass is 534 g/mol. The van der Waals surface area contributed by atoms with Gasteiger partial charge in [0.05, 0.1) is 11.0 Å². The Balaban J connectivity index is 1.37. The van der Waals surface area contributed by atoms with Crippen LogP contribution in [-0.4, -0.2) is 11.3 Å². The summed E-state index contributed by atoms with van der Waals surface area (Å²) in [5.41, 5.74) is 10.9. The average Bonchev–Trinajstić information content (AvgIpc) is 3.42. The van der Waals surface area contributed by atoms with Crippen molar-refractivity contribution in [1.29, 1.82) is 0 Å². The number of aromatic nitrogens is 1. The summed E-state index contributed by atoms with van der Waals surface area (Å²) in [7, 11) is 0. The molecule has 0 amide bonds. The molecule has 0 radical (unpaired) electrons. The normalized spacial score (nSPS) is 16.3. The summed E-state index contributed by atoms with van der Waals surface area (Å²) in [6.45, 7) is 0.0929. The number of benzene rings is 5. The summed E-state index contributed by atoms with van der Waals surface area (Å²) in [6, 6.07) is 32.3. The van der Waals surface area contributed by atoms with E-state index < -0.39 is 0 Å². The zero-order valence-corrected chi connectivity index (χ0v) is 22.7. The number of hydrogen-bond donors (Lipinski definition) is 0. The molecule has 2 nitrogen and oxygen atoms in total. The first-order valence-electron chi connectivity index (χ1n) is 16.0. The Kier molecular flexibility index (Phi) is 4.13. The Morgan fingerprint density at radius 3 is 2.48 bits per heavy atom. The van der Waals surface area contributed by atoms with Gasteiger partial charge in [0.1, 0.15) is 0 Å². The lowest BCUT2D eigenvalue weighted by molar-refractivity contribution is 0.667. The van der Waals surface area contributed by atoms with Gasteiger partial charge in [-0.2, -0.15) is 0 Å². The molecule has 1 aromatic heterocycles. The fraction of sp³-hybridized carbons (Fsp3) is 0.111. The maximum atomic E-state index is 9.01. The van der Waals surface area contributed by atoms with Crippen LogP contribution in [0.25, 0.3) is 16.6 Å². The van der Waals surface area contributed by atoms with Crippen molar-refractivity contribution in [3.8, 4) is 5.69 Å². The Hall–Kier alpha value is -4.15. The van der Waals surface area contributed by atoms with Gasteiger partial charge in [0.25, 0.3) is 0 Å². The van der Waals surface area contributed by atoms with Gasteiger partial charge in [-0.25, -0.2) is 0 Å². The predicted octanol–water partition coefficient (Wildman–Crippen LogP) is 7.27. The second kappa shape index (κ2) is 8.68. The standard InChI is InChI=1S/C36H27BN2S/c1-2-11-24(12-3-1)38-32-18-10-20-35-36(32)37(29-15-6-9-19-34(29)40-35)28-22-21-25(23-33(28)38)39-30-16-7-4-13-26(30)27-14-5-8-17-31(27)39/h1-4,6-7,9-13,15-16,18-23H,5,8,14,17H2/i4D,7D,13D,16D. The Labute approximate surface area is 245 Å². The third-order valence-electron chi connectivity index (χ3n) is 8.76. The van der Waals surface area contributed by atoms with E-state index in [-0.39, 0.29) is 30.9 Å². The molecule has 190 valence electrons. The molecule has 0 spiro atoms. The number of hydrogen-bond acceptors (Lipinski definition) is 2. The van der Waals surface area contributed by atoms with Crippen LogP contribution >= 0.6 is 11.8 Å². The van der Waals surface area contributed by atoms with Crippen LogP contribution in [0.1, 0.15) is 29.6 Å². The first kappa shape index (κ1) is 19.0. The highest BCUT2D eigenvalue weighted by atomic mass is 32.2. The molecule has 9 rings (SSSR count). The minimum atomic E-state index is -0.180. The van der Waals surface area contributed by atoms with Gasteiger partial charge >= 0.3 is 0 Å². The number of rotatable bonds is 2. The van der Waals surface area contributed by atoms with E-state index in [1.165, 1.54) is 31.9 Å². The van der Waals surface area contributed by atoms with Gasteiger partial charge in [0.15, 0.2) is 0 Å². The first-order valence-corrected chi connectivity index (χ1v) is 14.9. The van der Waals surface area contributed by atoms with E-state index in [2.05, 4.69) is 94.4 Å². The molecule has 0 saturated heterocycles. The van der Waals surface area contributed by atoms with Crippen LogP contribution in [0.4, 0.5) is 17.1 Å². The highest BCUT2D eigenvalue weighted by Gasteiger charge is 2.40. The number of aryl methyl sites for hydroxylation is 1. The third-order valence-corrected chi connectivity index (χ3v) is 9.93. The van der Waals surface area contributed by atoms with Gasteiger partial charge in [-0.1, -0.05) is 83.9 Å². The minimum Gasteiger partial charge on any atom is -0.313 e. The van der Waals surface area contributed by atoms with Crippen LogP contribution < -0.4 is 21.3 Å². The van der Waals surface area contributed by atoms with E-state index in [0.29, 0.717) is 10.9 Å². The summed E-state index contributed by atoms with van der Waals surface area (Å²) < 4.78 is 37.0. The van der Waals surface area contributed by atoms with E-state index in [4.69, 9.17) is 5.48 Å². The predicted molar refractivity (Wildman–Crippen MR) is 170 cm³/mol. The molecule has 2 aliphatic heterocycles. The highest BCUT2D eigenvalue weighted by Crippen LogP contribution is 2.42. The lowest BCUT2D eigenvalue weighted by Gasteiger charge is -2.40. The van der Waals surface area contributed by atoms with Crippen molar-refractivity contribution >= 4 is 62.8 Å². The largest absolute Gasteiger partial charge is 0.313 e. The van der Waals surface area contributed by atoms with Crippen LogP contribution in [-0.2, 0) is 12.8 Å². The molecule has 0 saturated carbocycles. The molecule has 3 aliphatic rings. The Bertz CT molecular complexity index is 2180. The van der Waals surface area contributed by atoms with Crippen LogP contribution in [0.15, 0.2) is 125 Å². The van der Waals surface area contributed by atoms with E-state index in [1.54, 1.807) is 0 Å². The van der Waals surface area contributed by atoms with Gasteiger partial charge < -0.3 is 9.47 Å². The zero-order valence-electron chi connectivity index (χ0n) is 25.9. The van der Waals surface area contributed by atoms with Crippen molar-refractivity contribution in [2.75, 3.05) is 4.90 Å². The minimum absolute atomic E-state index is 0.0289. The van der Waals surface area contributed by atoms with E-state index >= 15 is 0 Å². The number of nitrogens with zero attached hydrogens (tertiary/aromatic N) is 2. The zero-order chi connectivity index (χ0) is 29.7. The Morgan fingerprint density at radius 2 is 1.52 bits per heavy atom. The maximum absolute atomic E-state index is 9.01. The van der Waals surface area contributed by atoms with E-state index in [1.807, 2.05) is 17.8 Å². The average molecular weight is 535 g/mol. The lowest BCUT2D eigenvalue weighted by Crippen LogP contribution is -2.59. The molecule has 0 bridgehead atoms.